The summed E-state index contributed by atoms with van der Waals surface area (Å²) in [4.78, 5) is 24.1. The summed E-state index contributed by atoms with van der Waals surface area (Å²) in [5.41, 5.74) is 1.66. The fraction of sp³-hybridized carbons (Fsp3) is 0.143. The zero-order valence-electron chi connectivity index (χ0n) is 16.5. The molecule has 7 nitrogen and oxygen atoms in total. The largest absolute Gasteiger partial charge is 0.351 e. The number of hydrogen-bond acceptors (Lipinski definition) is 5. The topological polar surface area (TPSA) is 104 Å². The molecule has 0 fully saturated rings. The van der Waals surface area contributed by atoms with Gasteiger partial charge in [0.25, 0.3) is 15.9 Å². The van der Waals surface area contributed by atoms with E-state index in [1.54, 1.807) is 60.1 Å². The first-order chi connectivity index (χ1) is 14.8. The van der Waals surface area contributed by atoms with Crippen LogP contribution in [-0.2, 0) is 14.8 Å². The van der Waals surface area contributed by atoms with Crippen LogP contribution in [0.15, 0.2) is 64.2 Å². The van der Waals surface area contributed by atoms with Crippen LogP contribution in [0.4, 0.5) is 11.4 Å². The lowest BCUT2D eigenvalue weighted by atomic mass is 10.2. The Labute approximate surface area is 189 Å². The SMILES string of the molecule is Cc1ccc(NC(=O)CCNC(=O)c2ccsc2)cc1S(=O)(=O)Nc1ccccc1Cl. The Kier molecular flexibility index (Phi) is 7.32. The summed E-state index contributed by atoms with van der Waals surface area (Å²) in [5, 5.41) is 9.12. The molecule has 10 heteroatoms. The van der Waals surface area contributed by atoms with Crippen LogP contribution in [0.1, 0.15) is 22.3 Å². The number of amides is 2. The summed E-state index contributed by atoms with van der Waals surface area (Å²) in [7, 11) is -3.92. The fourth-order valence-electron chi connectivity index (χ4n) is 2.72. The maximum atomic E-state index is 12.8. The van der Waals surface area contributed by atoms with E-state index >= 15 is 0 Å². The van der Waals surface area contributed by atoms with Gasteiger partial charge in [0.1, 0.15) is 0 Å². The Morgan fingerprint density at radius 3 is 2.58 bits per heavy atom. The number of hydrogen-bond donors (Lipinski definition) is 3. The van der Waals surface area contributed by atoms with Gasteiger partial charge in [-0.1, -0.05) is 29.8 Å². The van der Waals surface area contributed by atoms with Gasteiger partial charge < -0.3 is 10.6 Å². The molecule has 1 heterocycles. The standard InChI is InChI=1S/C21H20ClN3O4S2/c1-14-6-7-16(24-20(26)8-10-23-21(27)15-9-11-30-13-15)12-19(14)31(28,29)25-18-5-3-2-4-17(18)22/h2-7,9,11-13,25H,8,10H2,1H3,(H,23,27)(H,24,26). The molecule has 0 aliphatic carbocycles. The average Bonchev–Trinajstić information content (AvgIpc) is 3.26. The minimum absolute atomic E-state index is 0.0241. The second-order valence-corrected chi connectivity index (χ2v) is 9.47. The number of benzene rings is 2. The van der Waals surface area contributed by atoms with Crippen molar-refractivity contribution in [1.29, 1.82) is 0 Å². The van der Waals surface area contributed by atoms with Gasteiger partial charge in [0.2, 0.25) is 5.91 Å². The van der Waals surface area contributed by atoms with Gasteiger partial charge in [-0.2, -0.15) is 11.3 Å². The third kappa shape index (κ3) is 6.06. The van der Waals surface area contributed by atoms with E-state index in [0.717, 1.165) is 0 Å². The molecule has 0 aliphatic heterocycles. The molecule has 162 valence electrons. The molecule has 0 atom stereocenters. The van der Waals surface area contributed by atoms with Crippen molar-refractivity contribution in [2.45, 2.75) is 18.2 Å². The summed E-state index contributed by atoms with van der Waals surface area (Å²) in [6.45, 7) is 1.82. The van der Waals surface area contributed by atoms with Gasteiger partial charge in [-0.05, 0) is 48.2 Å². The second kappa shape index (κ2) is 9.95. The highest BCUT2D eigenvalue weighted by Gasteiger charge is 2.19. The minimum Gasteiger partial charge on any atom is -0.351 e. The number of carbonyl (C=O) groups excluding carboxylic acids is 2. The van der Waals surface area contributed by atoms with Crippen LogP contribution in [0.5, 0.6) is 0 Å². The second-order valence-electron chi connectivity index (χ2n) is 6.63. The van der Waals surface area contributed by atoms with Crippen molar-refractivity contribution in [2.24, 2.45) is 0 Å². The Morgan fingerprint density at radius 2 is 1.87 bits per heavy atom. The number of thiophene rings is 1. The molecule has 0 aliphatic rings. The fourth-order valence-corrected chi connectivity index (χ4v) is 4.95. The van der Waals surface area contributed by atoms with Crippen LogP contribution >= 0.6 is 22.9 Å². The molecule has 0 spiro atoms. The highest BCUT2D eigenvalue weighted by Crippen LogP contribution is 2.26. The average molecular weight is 478 g/mol. The van der Waals surface area contributed by atoms with Crippen molar-refractivity contribution < 1.29 is 18.0 Å². The molecule has 3 N–H and O–H groups in total. The highest BCUT2D eigenvalue weighted by atomic mass is 35.5. The predicted octanol–water partition coefficient (Wildman–Crippen LogP) is 4.27. The van der Waals surface area contributed by atoms with E-state index in [1.165, 1.54) is 17.4 Å². The smallest absolute Gasteiger partial charge is 0.262 e. The van der Waals surface area contributed by atoms with Gasteiger partial charge in [0, 0.05) is 29.6 Å². The maximum absolute atomic E-state index is 12.8. The molecule has 0 unspecified atom stereocenters. The number of para-hydroxylation sites is 1. The van der Waals surface area contributed by atoms with Crippen molar-refractivity contribution in [3.05, 3.63) is 75.4 Å². The number of anilines is 2. The van der Waals surface area contributed by atoms with E-state index in [1.807, 2.05) is 0 Å². The minimum atomic E-state index is -3.92. The molecule has 3 rings (SSSR count). The van der Waals surface area contributed by atoms with Crippen molar-refractivity contribution >= 4 is 56.2 Å². The van der Waals surface area contributed by atoms with Crippen molar-refractivity contribution in [2.75, 3.05) is 16.6 Å². The van der Waals surface area contributed by atoms with Crippen LogP contribution in [0.3, 0.4) is 0 Å². The number of aryl methyl sites for hydroxylation is 1. The van der Waals surface area contributed by atoms with Gasteiger partial charge in [-0.15, -0.1) is 0 Å². The van der Waals surface area contributed by atoms with Gasteiger partial charge in [-0.3, -0.25) is 14.3 Å². The normalized spacial score (nSPS) is 11.0. The highest BCUT2D eigenvalue weighted by molar-refractivity contribution is 7.92. The molecule has 1 aromatic heterocycles. The lowest BCUT2D eigenvalue weighted by molar-refractivity contribution is -0.116. The van der Waals surface area contributed by atoms with E-state index in [9.17, 15) is 18.0 Å². The number of rotatable bonds is 8. The quantitative estimate of drug-likeness (QED) is 0.450. The summed E-state index contributed by atoms with van der Waals surface area (Å²) in [6.07, 6.45) is 0.0453. The molecule has 3 aromatic rings. The van der Waals surface area contributed by atoms with Crippen LogP contribution in [-0.4, -0.2) is 26.8 Å². The first-order valence-corrected chi connectivity index (χ1v) is 12.0. The molecule has 2 aromatic carbocycles. The maximum Gasteiger partial charge on any atom is 0.262 e. The van der Waals surface area contributed by atoms with Crippen molar-refractivity contribution in [3.8, 4) is 0 Å². The van der Waals surface area contributed by atoms with Crippen molar-refractivity contribution in [1.82, 2.24) is 5.32 Å². The summed E-state index contributed by atoms with van der Waals surface area (Å²) < 4.78 is 28.2. The molecular formula is C21H20ClN3O4S2. The van der Waals surface area contributed by atoms with Gasteiger partial charge >= 0.3 is 0 Å². The van der Waals surface area contributed by atoms with E-state index in [4.69, 9.17) is 11.6 Å². The first-order valence-electron chi connectivity index (χ1n) is 9.24. The Morgan fingerprint density at radius 1 is 1.10 bits per heavy atom. The molecule has 0 saturated carbocycles. The van der Waals surface area contributed by atoms with Crippen molar-refractivity contribution in [3.63, 3.8) is 0 Å². The molecule has 0 bridgehead atoms. The Balaban J connectivity index is 1.64. The summed E-state index contributed by atoms with van der Waals surface area (Å²) >= 11 is 7.46. The van der Waals surface area contributed by atoms with Gasteiger partial charge in [0.15, 0.2) is 0 Å². The van der Waals surface area contributed by atoms with Gasteiger partial charge in [0.05, 0.1) is 15.6 Å². The monoisotopic (exact) mass is 477 g/mol. The molecule has 0 radical (unpaired) electrons. The van der Waals surface area contributed by atoms with Crippen LogP contribution in [0.2, 0.25) is 5.02 Å². The summed E-state index contributed by atoms with van der Waals surface area (Å²) in [6, 6.07) is 12.8. The van der Waals surface area contributed by atoms with E-state index in [-0.39, 0.29) is 40.4 Å². The lowest BCUT2D eigenvalue weighted by Gasteiger charge is -2.13. The first kappa shape index (κ1) is 22.8. The summed E-state index contributed by atoms with van der Waals surface area (Å²) in [5.74, 6) is -0.597. The van der Waals surface area contributed by atoms with Crippen LogP contribution < -0.4 is 15.4 Å². The van der Waals surface area contributed by atoms with Crippen LogP contribution in [0.25, 0.3) is 0 Å². The Hall–Kier alpha value is -2.88. The van der Waals surface area contributed by atoms with E-state index < -0.39 is 10.0 Å². The Bertz CT molecular complexity index is 1200. The van der Waals surface area contributed by atoms with Crippen LogP contribution in [0, 0.1) is 6.92 Å². The number of carbonyl (C=O) groups is 2. The van der Waals surface area contributed by atoms with Gasteiger partial charge in [-0.25, -0.2) is 8.42 Å². The van der Waals surface area contributed by atoms with E-state index in [2.05, 4.69) is 15.4 Å². The molecule has 2 amide bonds. The molecule has 0 saturated heterocycles. The molecular weight excluding hydrogens is 458 g/mol. The lowest BCUT2D eigenvalue weighted by Crippen LogP contribution is -2.27. The zero-order chi connectivity index (χ0) is 22.4. The molecule has 31 heavy (non-hydrogen) atoms. The third-order valence-electron chi connectivity index (χ3n) is 4.30. The number of nitrogens with one attached hydrogen (secondary N) is 3. The zero-order valence-corrected chi connectivity index (χ0v) is 18.9. The number of halogens is 1. The van der Waals surface area contributed by atoms with E-state index in [0.29, 0.717) is 16.8 Å². The third-order valence-corrected chi connectivity index (χ3v) is 6.82. The number of sulfonamides is 1. The predicted molar refractivity (Wildman–Crippen MR) is 123 cm³/mol.